The molecule has 0 radical (unpaired) electrons. The second-order valence-electron chi connectivity index (χ2n) is 5.36. The van der Waals surface area contributed by atoms with Crippen LogP contribution in [0, 0.1) is 5.82 Å². The summed E-state index contributed by atoms with van der Waals surface area (Å²) in [5, 5.41) is 3.56. The van der Waals surface area contributed by atoms with Crippen molar-refractivity contribution in [1.82, 2.24) is 10.2 Å². The van der Waals surface area contributed by atoms with E-state index in [2.05, 4.69) is 40.0 Å². The summed E-state index contributed by atoms with van der Waals surface area (Å²) in [5.74, 6) is -0.119. The van der Waals surface area contributed by atoms with Crippen LogP contribution in [0.3, 0.4) is 0 Å². The molecule has 19 heavy (non-hydrogen) atoms. The molecule has 0 saturated carbocycles. The predicted molar refractivity (Wildman–Crippen MR) is 80.7 cm³/mol. The Morgan fingerprint density at radius 3 is 2.95 bits per heavy atom. The van der Waals surface area contributed by atoms with Gasteiger partial charge < -0.3 is 5.32 Å². The summed E-state index contributed by atoms with van der Waals surface area (Å²) in [6.07, 6.45) is 2.24. The van der Waals surface area contributed by atoms with E-state index in [9.17, 15) is 4.39 Å². The van der Waals surface area contributed by atoms with Crippen LogP contribution in [-0.2, 0) is 6.54 Å². The molecule has 0 spiro atoms. The van der Waals surface area contributed by atoms with Crippen LogP contribution < -0.4 is 5.32 Å². The Labute approximate surface area is 123 Å². The Bertz CT molecular complexity index is 425. The topological polar surface area (TPSA) is 15.3 Å². The van der Waals surface area contributed by atoms with Crippen LogP contribution in [-0.4, -0.2) is 30.1 Å². The number of nitrogens with one attached hydrogen (secondary N) is 1. The first-order valence-corrected chi connectivity index (χ1v) is 7.80. The van der Waals surface area contributed by atoms with Crippen molar-refractivity contribution in [1.29, 1.82) is 0 Å². The average molecular weight is 329 g/mol. The van der Waals surface area contributed by atoms with Crippen LogP contribution >= 0.6 is 15.9 Å². The van der Waals surface area contributed by atoms with E-state index in [1.54, 1.807) is 6.07 Å². The van der Waals surface area contributed by atoms with Gasteiger partial charge in [0.15, 0.2) is 0 Å². The third-order valence-corrected chi connectivity index (χ3v) is 4.45. The van der Waals surface area contributed by atoms with E-state index in [0.717, 1.165) is 36.0 Å². The normalized spacial score (nSPS) is 25.3. The first-order valence-electron chi connectivity index (χ1n) is 7.01. The van der Waals surface area contributed by atoms with Crippen molar-refractivity contribution >= 4 is 15.9 Å². The maximum Gasteiger partial charge on any atom is 0.128 e. The molecule has 2 unspecified atom stereocenters. The molecule has 4 heteroatoms. The van der Waals surface area contributed by atoms with Crippen molar-refractivity contribution in [3.63, 3.8) is 0 Å². The predicted octanol–water partition coefficient (Wildman–Crippen LogP) is 3.55. The molecule has 1 aliphatic heterocycles. The van der Waals surface area contributed by atoms with Crippen LogP contribution in [0.15, 0.2) is 22.7 Å². The fourth-order valence-corrected chi connectivity index (χ4v) is 2.90. The third kappa shape index (κ3) is 4.01. The van der Waals surface area contributed by atoms with Gasteiger partial charge in [0, 0.05) is 35.2 Å². The standard InChI is InChI=1S/C15H22BrFN2/c1-3-14-10-19(11(2)6-7-18-14)9-12-4-5-13(16)8-15(12)17/h4-5,8,11,14,18H,3,6-7,9-10H2,1-2H3. The van der Waals surface area contributed by atoms with Crippen molar-refractivity contribution in [2.75, 3.05) is 13.1 Å². The zero-order chi connectivity index (χ0) is 13.8. The molecule has 106 valence electrons. The highest BCUT2D eigenvalue weighted by Gasteiger charge is 2.22. The zero-order valence-electron chi connectivity index (χ0n) is 11.6. The SMILES string of the molecule is CCC1CN(Cc2ccc(Br)cc2F)C(C)CCN1. The van der Waals surface area contributed by atoms with Gasteiger partial charge in [-0.15, -0.1) is 0 Å². The smallest absolute Gasteiger partial charge is 0.128 e. The molecule has 2 rings (SSSR count). The zero-order valence-corrected chi connectivity index (χ0v) is 13.2. The van der Waals surface area contributed by atoms with Gasteiger partial charge in [-0.1, -0.05) is 28.9 Å². The lowest BCUT2D eigenvalue weighted by Gasteiger charge is -2.29. The molecule has 0 aromatic heterocycles. The number of halogens is 2. The van der Waals surface area contributed by atoms with E-state index < -0.39 is 0 Å². The Hall–Kier alpha value is -0.450. The van der Waals surface area contributed by atoms with Crippen LogP contribution in [0.5, 0.6) is 0 Å². The highest BCUT2D eigenvalue weighted by atomic mass is 79.9. The Morgan fingerprint density at radius 2 is 2.26 bits per heavy atom. The minimum atomic E-state index is -0.119. The van der Waals surface area contributed by atoms with Crippen LogP contribution in [0.4, 0.5) is 4.39 Å². The molecule has 2 nitrogen and oxygen atoms in total. The number of benzene rings is 1. The lowest BCUT2D eigenvalue weighted by Crippen LogP contribution is -2.39. The quantitative estimate of drug-likeness (QED) is 0.912. The molecular weight excluding hydrogens is 307 g/mol. The highest BCUT2D eigenvalue weighted by molar-refractivity contribution is 9.10. The first-order chi connectivity index (χ1) is 9.10. The summed E-state index contributed by atoms with van der Waals surface area (Å²) >= 11 is 3.30. The third-order valence-electron chi connectivity index (χ3n) is 3.95. The Kier molecular flexibility index (Phi) is 5.37. The second-order valence-corrected chi connectivity index (χ2v) is 6.28. The van der Waals surface area contributed by atoms with Crippen LogP contribution in [0.25, 0.3) is 0 Å². The van der Waals surface area contributed by atoms with Gasteiger partial charge in [0.2, 0.25) is 0 Å². The van der Waals surface area contributed by atoms with Crippen LogP contribution in [0.2, 0.25) is 0 Å². The highest BCUT2D eigenvalue weighted by Crippen LogP contribution is 2.19. The number of hydrogen-bond acceptors (Lipinski definition) is 2. The number of rotatable bonds is 3. The van der Waals surface area contributed by atoms with E-state index in [0.29, 0.717) is 18.6 Å². The summed E-state index contributed by atoms with van der Waals surface area (Å²) in [4.78, 5) is 2.39. The minimum absolute atomic E-state index is 0.119. The molecular formula is C15H22BrFN2. The summed E-state index contributed by atoms with van der Waals surface area (Å²) in [7, 11) is 0. The largest absolute Gasteiger partial charge is 0.313 e. The van der Waals surface area contributed by atoms with Crippen molar-refractivity contribution in [2.24, 2.45) is 0 Å². The van der Waals surface area contributed by atoms with E-state index in [1.807, 2.05) is 12.1 Å². The van der Waals surface area contributed by atoms with Gasteiger partial charge in [-0.2, -0.15) is 0 Å². The molecule has 1 aromatic carbocycles. The second kappa shape index (κ2) is 6.82. The van der Waals surface area contributed by atoms with Gasteiger partial charge in [0.25, 0.3) is 0 Å². The Morgan fingerprint density at radius 1 is 1.47 bits per heavy atom. The number of hydrogen-bond donors (Lipinski definition) is 1. The maximum atomic E-state index is 13.9. The van der Waals surface area contributed by atoms with Crippen molar-refractivity contribution < 1.29 is 4.39 Å². The van der Waals surface area contributed by atoms with E-state index in [4.69, 9.17) is 0 Å². The number of nitrogens with zero attached hydrogens (tertiary/aromatic N) is 1. The van der Waals surface area contributed by atoms with Crippen molar-refractivity contribution in [3.8, 4) is 0 Å². The van der Waals surface area contributed by atoms with Gasteiger partial charge in [-0.3, -0.25) is 4.90 Å². The molecule has 1 aliphatic rings. The molecule has 0 aliphatic carbocycles. The van der Waals surface area contributed by atoms with Crippen molar-refractivity contribution in [3.05, 3.63) is 34.1 Å². The van der Waals surface area contributed by atoms with Gasteiger partial charge in [-0.05, 0) is 38.4 Å². The minimum Gasteiger partial charge on any atom is -0.313 e. The van der Waals surface area contributed by atoms with Gasteiger partial charge in [-0.25, -0.2) is 4.39 Å². The van der Waals surface area contributed by atoms with E-state index in [1.165, 1.54) is 0 Å². The van der Waals surface area contributed by atoms with Crippen molar-refractivity contribution in [2.45, 2.75) is 45.3 Å². The van der Waals surface area contributed by atoms with Gasteiger partial charge in [0.05, 0.1) is 0 Å². The summed E-state index contributed by atoms with van der Waals surface area (Å²) in [6.45, 7) is 7.17. The van der Waals surface area contributed by atoms with Gasteiger partial charge in [0.1, 0.15) is 5.82 Å². The first kappa shape index (κ1) is 14.9. The lowest BCUT2D eigenvalue weighted by molar-refractivity contribution is 0.192. The molecule has 0 amide bonds. The fraction of sp³-hybridized carbons (Fsp3) is 0.600. The molecule has 1 aromatic rings. The molecule has 1 saturated heterocycles. The maximum absolute atomic E-state index is 13.9. The molecule has 2 atom stereocenters. The van der Waals surface area contributed by atoms with E-state index >= 15 is 0 Å². The van der Waals surface area contributed by atoms with Crippen LogP contribution in [0.1, 0.15) is 32.3 Å². The lowest BCUT2D eigenvalue weighted by atomic mass is 10.1. The Balaban J connectivity index is 2.10. The fourth-order valence-electron chi connectivity index (χ4n) is 2.57. The molecule has 0 bridgehead atoms. The summed E-state index contributed by atoms with van der Waals surface area (Å²) in [5.41, 5.74) is 0.784. The molecule has 1 N–H and O–H groups in total. The summed E-state index contributed by atoms with van der Waals surface area (Å²) in [6, 6.07) is 6.35. The monoisotopic (exact) mass is 328 g/mol. The molecule has 1 fully saturated rings. The molecule has 1 heterocycles. The van der Waals surface area contributed by atoms with E-state index in [-0.39, 0.29) is 5.82 Å². The van der Waals surface area contributed by atoms with Gasteiger partial charge >= 0.3 is 0 Å². The average Bonchev–Trinajstić information content (AvgIpc) is 2.55. The summed E-state index contributed by atoms with van der Waals surface area (Å²) < 4.78 is 14.7.